The molecule has 0 aromatic carbocycles. The summed E-state index contributed by atoms with van der Waals surface area (Å²) in [6, 6.07) is 0. The van der Waals surface area contributed by atoms with Gasteiger partial charge >= 0.3 is 5.97 Å². The van der Waals surface area contributed by atoms with Crippen LogP contribution in [0.5, 0.6) is 0 Å². The van der Waals surface area contributed by atoms with Gasteiger partial charge in [-0.05, 0) is 68.1 Å². The zero-order valence-electron chi connectivity index (χ0n) is 14.7. The zero-order valence-corrected chi connectivity index (χ0v) is 14.7. The van der Waals surface area contributed by atoms with Gasteiger partial charge in [0.15, 0.2) is 0 Å². The van der Waals surface area contributed by atoms with Gasteiger partial charge in [-0.3, -0.25) is 0 Å². The molecule has 2 saturated carbocycles. The normalized spacial score (nSPS) is 35.1. The molecule has 2 heteroatoms. The van der Waals surface area contributed by atoms with Crippen molar-refractivity contribution in [3.05, 3.63) is 23.8 Å². The predicted octanol–water partition coefficient (Wildman–Crippen LogP) is 5.60. The number of hydrogen-bond acceptors (Lipinski definition) is 1. The van der Waals surface area contributed by atoms with Crippen LogP contribution in [-0.2, 0) is 4.79 Å². The van der Waals surface area contributed by atoms with E-state index in [0.717, 1.165) is 30.8 Å². The molecule has 3 atom stereocenters. The Hall–Kier alpha value is -1.05. The molecule has 2 nitrogen and oxygen atoms in total. The molecule has 0 radical (unpaired) electrons. The van der Waals surface area contributed by atoms with Crippen LogP contribution in [0.25, 0.3) is 0 Å². The first-order valence-corrected chi connectivity index (χ1v) is 8.74. The first-order valence-electron chi connectivity index (χ1n) is 8.74. The summed E-state index contributed by atoms with van der Waals surface area (Å²) >= 11 is 0. The van der Waals surface area contributed by atoms with E-state index >= 15 is 0 Å². The van der Waals surface area contributed by atoms with Crippen molar-refractivity contribution in [2.45, 2.75) is 72.6 Å². The Morgan fingerprint density at radius 2 is 2.05 bits per heavy atom. The highest BCUT2D eigenvalue weighted by atomic mass is 16.4. The van der Waals surface area contributed by atoms with Gasteiger partial charge in [0.05, 0.1) is 0 Å². The number of carbonyl (C=O) groups is 1. The largest absolute Gasteiger partial charge is 0.478 e. The van der Waals surface area contributed by atoms with Crippen LogP contribution < -0.4 is 0 Å². The Morgan fingerprint density at radius 3 is 2.68 bits per heavy atom. The minimum atomic E-state index is -0.831. The van der Waals surface area contributed by atoms with E-state index in [2.05, 4.69) is 27.4 Å². The van der Waals surface area contributed by atoms with Crippen LogP contribution in [0.4, 0.5) is 0 Å². The maximum Gasteiger partial charge on any atom is 0.328 e. The number of hydrogen-bond donors (Lipinski definition) is 1. The van der Waals surface area contributed by atoms with E-state index in [1.54, 1.807) is 0 Å². The summed E-state index contributed by atoms with van der Waals surface area (Å²) in [5.41, 5.74) is 3.15. The molecule has 0 unspecified atom stereocenters. The Balaban J connectivity index is 2.17. The fourth-order valence-electron chi connectivity index (χ4n) is 5.46. The van der Waals surface area contributed by atoms with E-state index in [1.165, 1.54) is 37.3 Å². The van der Waals surface area contributed by atoms with Gasteiger partial charge in [-0.1, -0.05) is 44.9 Å². The Bertz CT molecular complexity index is 486. The Kier molecular flexibility index (Phi) is 4.89. The van der Waals surface area contributed by atoms with Crippen LogP contribution in [-0.4, -0.2) is 11.1 Å². The SMILES string of the molecule is C=C1CC[C@H]2C(C)(C)CCC[C@@]2(C)[C@H]1CC/C(C)=C/C(=O)O. The zero-order chi connectivity index (χ0) is 16.5. The number of carboxylic acids is 1. The lowest BCUT2D eigenvalue weighted by atomic mass is 9.47. The average Bonchev–Trinajstić information content (AvgIpc) is 2.35. The predicted molar refractivity (Wildman–Crippen MR) is 91.7 cm³/mol. The summed E-state index contributed by atoms with van der Waals surface area (Å²) in [5.74, 6) is 0.485. The van der Waals surface area contributed by atoms with Gasteiger partial charge in [-0.2, -0.15) is 0 Å². The lowest BCUT2D eigenvalue weighted by Crippen LogP contribution is -2.49. The molecule has 0 amide bonds. The molecule has 0 aromatic rings. The third-order valence-corrected chi connectivity index (χ3v) is 6.52. The molecule has 2 rings (SSSR count). The molecule has 2 fully saturated rings. The Morgan fingerprint density at radius 1 is 1.36 bits per heavy atom. The number of allylic oxidation sites excluding steroid dienone is 2. The number of rotatable bonds is 4. The van der Waals surface area contributed by atoms with Crippen LogP contribution in [0.3, 0.4) is 0 Å². The van der Waals surface area contributed by atoms with Crippen molar-refractivity contribution in [3.63, 3.8) is 0 Å². The highest BCUT2D eigenvalue weighted by molar-refractivity contribution is 5.80. The van der Waals surface area contributed by atoms with Gasteiger partial charge in [0, 0.05) is 6.08 Å². The van der Waals surface area contributed by atoms with Crippen molar-refractivity contribution >= 4 is 5.97 Å². The summed E-state index contributed by atoms with van der Waals surface area (Å²) in [4.78, 5) is 10.8. The van der Waals surface area contributed by atoms with E-state index in [9.17, 15) is 4.79 Å². The molecule has 0 saturated heterocycles. The van der Waals surface area contributed by atoms with Crippen LogP contribution in [0, 0.1) is 22.7 Å². The van der Waals surface area contributed by atoms with Crippen molar-refractivity contribution in [2.75, 3.05) is 0 Å². The van der Waals surface area contributed by atoms with E-state index in [1.807, 2.05) is 6.92 Å². The molecule has 124 valence electrons. The molecule has 2 aliphatic rings. The lowest BCUT2D eigenvalue weighted by Gasteiger charge is -2.58. The van der Waals surface area contributed by atoms with Crippen LogP contribution >= 0.6 is 0 Å². The topological polar surface area (TPSA) is 37.3 Å². The van der Waals surface area contributed by atoms with Crippen molar-refractivity contribution in [1.29, 1.82) is 0 Å². The van der Waals surface area contributed by atoms with Gasteiger partial charge in [0.2, 0.25) is 0 Å². The third kappa shape index (κ3) is 3.31. The van der Waals surface area contributed by atoms with Gasteiger partial charge in [0.25, 0.3) is 0 Å². The summed E-state index contributed by atoms with van der Waals surface area (Å²) < 4.78 is 0. The second-order valence-corrected chi connectivity index (χ2v) is 8.52. The van der Waals surface area contributed by atoms with Gasteiger partial charge < -0.3 is 5.11 Å². The summed E-state index contributed by atoms with van der Waals surface area (Å²) in [7, 11) is 0. The van der Waals surface area contributed by atoms with Gasteiger partial charge in [-0.25, -0.2) is 4.79 Å². The van der Waals surface area contributed by atoms with Gasteiger partial charge in [-0.15, -0.1) is 0 Å². The first kappa shape index (κ1) is 17.3. The molecule has 0 heterocycles. The van der Waals surface area contributed by atoms with Crippen molar-refractivity contribution in [1.82, 2.24) is 0 Å². The van der Waals surface area contributed by atoms with Crippen LogP contribution in [0.1, 0.15) is 72.6 Å². The number of carboxylic acid groups (broad SMARTS) is 1. The monoisotopic (exact) mass is 304 g/mol. The second kappa shape index (κ2) is 6.22. The van der Waals surface area contributed by atoms with E-state index in [-0.39, 0.29) is 0 Å². The van der Waals surface area contributed by atoms with Gasteiger partial charge in [0.1, 0.15) is 0 Å². The number of fused-ring (bicyclic) bond motifs is 1. The van der Waals surface area contributed by atoms with Crippen LogP contribution in [0.15, 0.2) is 23.8 Å². The van der Waals surface area contributed by atoms with E-state index in [4.69, 9.17) is 5.11 Å². The summed E-state index contributed by atoms with van der Waals surface area (Å²) in [5, 5.41) is 8.89. The maximum atomic E-state index is 10.8. The molecule has 1 N–H and O–H groups in total. The smallest absolute Gasteiger partial charge is 0.328 e. The fourth-order valence-corrected chi connectivity index (χ4v) is 5.46. The molecule has 2 aliphatic carbocycles. The average molecular weight is 304 g/mol. The molecule has 0 aromatic heterocycles. The van der Waals surface area contributed by atoms with Crippen LogP contribution in [0.2, 0.25) is 0 Å². The van der Waals surface area contributed by atoms with E-state index in [0.29, 0.717) is 16.7 Å². The second-order valence-electron chi connectivity index (χ2n) is 8.52. The van der Waals surface area contributed by atoms with Crippen molar-refractivity contribution < 1.29 is 9.90 Å². The minimum absolute atomic E-state index is 0.348. The Labute approximate surface area is 135 Å². The van der Waals surface area contributed by atoms with Crippen molar-refractivity contribution in [2.24, 2.45) is 22.7 Å². The van der Waals surface area contributed by atoms with E-state index < -0.39 is 5.97 Å². The number of aliphatic carboxylic acids is 1. The molecule has 0 bridgehead atoms. The molecular formula is C20H32O2. The highest BCUT2D eigenvalue weighted by Gasteiger charge is 2.52. The third-order valence-electron chi connectivity index (χ3n) is 6.52. The quantitative estimate of drug-likeness (QED) is 0.542. The molecule has 22 heavy (non-hydrogen) atoms. The molecular weight excluding hydrogens is 272 g/mol. The van der Waals surface area contributed by atoms with Crippen molar-refractivity contribution in [3.8, 4) is 0 Å². The fraction of sp³-hybridized carbons (Fsp3) is 0.750. The molecule has 0 spiro atoms. The maximum absolute atomic E-state index is 10.8. The summed E-state index contributed by atoms with van der Waals surface area (Å²) in [6.07, 6.45) is 9.66. The lowest BCUT2D eigenvalue weighted by molar-refractivity contribution is -0.131. The standard InChI is InChI=1S/C20H32O2/c1-14(13-18(21)22)7-9-16-15(2)8-10-17-19(3,4)11-6-12-20(16,17)5/h13,16-17H,2,6-12H2,1,3-5H3,(H,21,22)/b14-13+/t16-,17-,20-/m0/s1. The molecule has 0 aliphatic heterocycles. The highest BCUT2D eigenvalue weighted by Crippen LogP contribution is 2.61. The summed E-state index contributed by atoms with van der Waals surface area (Å²) in [6.45, 7) is 13.7. The minimum Gasteiger partial charge on any atom is -0.478 e. The first-order chi connectivity index (χ1) is 10.2.